The van der Waals surface area contributed by atoms with E-state index >= 15 is 0 Å². The Morgan fingerprint density at radius 3 is 2.75 bits per heavy atom. The second kappa shape index (κ2) is 6.89. The van der Waals surface area contributed by atoms with E-state index in [4.69, 9.17) is 4.98 Å². The van der Waals surface area contributed by atoms with Crippen LogP contribution in [0.25, 0.3) is 10.2 Å². The zero-order valence-electron chi connectivity index (χ0n) is 14.2. The number of rotatable bonds is 5. The number of thiazole rings is 1. The third-order valence-electron chi connectivity index (χ3n) is 4.96. The van der Waals surface area contributed by atoms with Crippen molar-refractivity contribution in [3.63, 3.8) is 0 Å². The number of nitrogens with one attached hydrogen (secondary N) is 1. The van der Waals surface area contributed by atoms with E-state index in [2.05, 4.69) is 25.2 Å². The van der Waals surface area contributed by atoms with Gasteiger partial charge in [-0.05, 0) is 25.0 Å². The molecule has 24 heavy (non-hydrogen) atoms. The Morgan fingerprint density at radius 2 is 2.08 bits per heavy atom. The van der Waals surface area contributed by atoms with E-state index in [0.717, 1.165) is 28.1 Å². The van der Waals surface area contributed by atoms with Crippen molar-refractivity contribution in [1.29, 1.82) is 0 Å². The van der Waals surface area contributed by atoms with Gasteiger partial charge in [0.1, 0.15) is 0 Å². The zero-order valence-corrected chi connectivity index (χ0v) is 15.0. The number of para-hydroxylation sites is 1. The van der Waals surface area contributed by atoms with Gasteiger partial charge in [0.25, 0.3) is 0 Å². The molecule has 1 saturated heterocycles. The number of carbonyl (C=O) groups is 2. The van der Waals surface area contributed by atoms with Crippen LogP contribution in [0.2, 0.25) is 0 Å². The molecule has 0 unspecified atom stereocenters. The second-order valence-corrected chi connectivity index (χ2v) is 7.43. The van der Waals surface area contributed by atoms with E-state index in [9.17, 15) is 9.59 Å². The number of aromatic nitrogens is 1. The molecule has 1 aliphatic heterocycles. The van der Waals surface area contributed by atoms with Gasteiger partial charge >= 0.3 is 0 Å². The molecule has 3 rings (SSSR count). The Morgan fingerprint density at radius 1 is 1.33 bits per heavy atom. The summed E-state index contributed by atoms with van der Waals surface area (Å²) >= 11 is 1.66. The number of carbonyl (C=O) groups excluding carboxylic acids is 2. The molecule has 1 N–H and O–H groups in total. The molecule has 2 heterocycles. The van der Waals surface area contributed by atoms with E-state index in [1.165, 1.54) is 0 Å². The molecule has 5 nitrogen and oxygen atoms in total. The number of nitrogens with zero attached hydrogens (tertiary/aromatic N) is 2. The second-order valence-electron chi connectivity index (χ2n) is 6.32. The Balaban J connectivity index is 1.86. The molecule has 1 aromatic carbocycles. The smallest absolute Gasteiger partial charge is 0.239 e. The normalized spacial score (nSPS) is 15.6. The zero-order chi connectivity index (χ0) is 17.2. The summed E-state index contributed by atoms with van der Waals surface area (Å²) < 4.78 is 1.15. The van der Waals surface area contributed by atoms with Gasteiger partial charge in [-0.2, -0.15) is 0 Å². The molecule has 2 amide bonds. The van der Waals surface area contributed by atoms with Gasteiger partial charge in [0.05, 0.1) is 27.2 Å². The number of hydrogen-bond donors (Lipinski definition) is 1. The first-order valence-corrected chi connectivity index (χ1v) is 9.30. The number of piperazine rings is 1. The van der Waals surface area contributed by atoms with Gasteiger partial charge in [-0.1, -0.05) is 26.0 Å². The topological polar surface area (TPSA) is 62.3 Å². The Kier molecular flexibility index (Phi) is 4.85. The molecule has 1 fully saturated rings. The van der Waals surface area contributed by atoms with Crippen molar-refractivity contribution in [1.82, 2.24) is 15.2 Å². The molecular formula is C18H23N3O2S. The van der Waals surface area contributed by atoms with E-state index in [-0.39, 0.29) is 18.4 Å². The monoisotopic (exact) mass is 345 g/mol. The van der Waals surface area contributed by atoms with Crippen molar-refractivity contribution in [3.8, 4) is 0 Å². The summed E-state index contributed by atoms with van der Waals surface area (Å²) in [5, 5.41) is 3.77. The van der Waals surface area contributed by atoms with Crippen LogP contribution in [0.4, 0.5) is 0 Å². The standard InChI is InChI=1S/C18H23N3O2S/c1-3-18(4-2,17(23)21-10-9-19-15(22)12-21)11-16-20-13-7-5-6-8-14(13)24-16/h5-8H,3-4,9-12H2,1-2H3,(H,19,22). The summed E-state index contributed by atoms with van der Waals surface area (Å²) in [7, 11) is 0. The largest absolute Gasteiger partial charge is 0.353 e. The first kappa shape index (κ1) is 16.9. The third-order valence-corrected chi connectivity index (χ3v) is 6.00. The first-order chi connectivity index (χ1) is 11.6. The van der Waals surface area contributed by atoms with Crippen molar-refractivity contribution in [2.75, 3.05) is 19.6 Å². The number of hydrogen-bond acceptors (Lipinski definition) is 4. The Labute approximate surface area is 146 Å². The Hall–Kier alpha value is -1.95. The molecule has 0 saturated carbocycles. The van der Waals surface area contributed by atoms with Crippen LogP contribution in [0.15, 0.2) is 24.3 Å². The lowest BCUT2D eigenvalue weighted by molar-refractivity contribution is -0.147. The summed E-state index contributed by atoms with van der Waals surface area (Å²) in [6, 6.07) is 8.06. The minimum Gasteiger partial charge on any atom is -0.353 e. The van der Waals surface area contributed by atoms with Crippen LogP contribution >= 0.6 is 11.3 Å². The molecule has 2 aromatic rings. The molecule has 0 atom stereocenters. The quantitative estimate of drug-likeness (QED) is 0.906. The maximum atomic E-state index is 13.2. The van der Waals surface area contributed by atoms with E-state index in [1.807, 2.05) is 18.2 Å². The average Bonchev–Trinajstić information content (AvgIpc) is 3.01. The molecule has 1 aliphatic rings. The predicted octanol–water partition coefficient (Wildman–Crippen LogP) is 2.60. The van der Waals surface area contributed by atoms with Crippen molar-refractivity contribution >= 4 is 33.4 Å². The van der Waals surface area contributed by atoms with Crippen LogP contribution < -0.4 is 5.32 Å². The van der Waals surface area contributed by atoms with Gasteiger partial charge < -0.3 is 10.2 Å². The van der Waals surface area contributed by atoms with Crippen molar-refractivity contribution in [2.45, 2.75) is 33.1 Å². The van der Waals surface area contributed by atoms with Crippen LogP contribution in [-0.4, -0.2) is 41.3 Å². The van der Waals surface area contributed by atoms with Gasteiger partial charge in [-0.15, -0.1) is 11.3 Å². The molecule has 6 heteroatoms. The molecule has 0 bridgehead atoms. The van der Waals surface area contributed by atoms with Crippen molar-refractivity contribution in [2.24, 2.45) is 5.41 Å². The van der Waals surface area contributed by atoms with Crippen LogP contribution in [0.1, 0.15) is 31.7 Å². The highest BCUT2D eigenvalue weighted by Crippen LogP contribution is 2.36. The van der Waals surface area contributed by atoms with E-state index in [0.29, 0.717) is 19.5 Å². The highest BCUT2D eigenvalue weighted by molar-refractivity contribution is 7.18. The lowest BCUT2D eigenvalue weighted by atomic mass is 9.77. The van der Waals surface area contributed by atoms with Gasteiger partial charge in [0.2, 0.25) is 11.8 Å². The van der Waals surface area contributed by atoms with Crippen LogP contribution in [0.5, 0.6) is 0 Å². The van der Waals surface area contributed by atoms with Crippen molar-refractivity contribution < 1.29 is 9.59 Å². The van der Waals surface area contributed by atoms with Gasteiger partial charge in [-0.25, -0.2) is 4.98 Å². The summed E-state index contributed by atoms with van der Waals surface area (Å²) in [5.74, 6) is 0.0114. The predicted molar refractivity (Wildman–Crippen MR) is 95.9 cm³/mol. The maximum absolute atomic E-state index is 13.2. The fourth-order valence-electron chi connectivity index (χ4n) is 3.31. The molecule has 1 aromatic heterocycles. The SMILES string of the molecule is CCC(CC)(Cc1nc2ccccc2s1)C(=O)N1CCNC(=O)C1. The fraction of sp³-hybridized carbons (Fsp3) is 0.500. The van der Waals surface area contributed by atoms with Crippen molar-refractivity contribution in [3.05, 3.63) is 29.3 Å². The first-order valence-electron chi connectivity index (χ1n) is 8.48. The van der Waals surface area contributed by atoms with Crippen LogP contribution in [-0.2, 0) is 16.0 Å². The number of benzene rings is 1. The summed E-state index contributed by atoms with van der Waals surface area (Å²) in [4.78, 5) is 31.2. The number of fused-ring (bicyclic) bond motifs is 1. The lowest BCUT2D eigenvalue weighted by Gasteiger charge is -2.37. The van der Waals surface area contributed by atoms with E-state index < -0.39 is 5.41 Å². The molecule has 0 radical (unpaired) electrons. The Bertz CT molecular complexity index is 719. The number of amides is 2. The minimum atomic E-state index is -0.481. The summed E-state index contributed by atoms with van der Waals surface area (Å²) in [6.07, 6.45) is 2.13. The molecule has 0 spiro atoms. The summed E-state index contributed by atoms with van der Waals surface area (Å²) in [6.45, 7) is 5.40. The fourth-order valence-corrected chi connectivity index (χ4v) is 4.42. The van der Waals surface area contributed by atoms with Crippen LogP contribution in [0, 0.1) is 5.41 Å². The van der Waals surface area contributed by atoms with Gasteiger partial charge in [-0.3, -0.25) is 9.59 Å². The maximum Gasteiger partial charge on any atom is 0.239 e. The minimum absolute atomic E-state index is 0.0734. The summed E-state index contributed by atoms with van der Waals surface area (Å²) in [5.41, 5.74) is 0.509. The third kappa shape index (κ3) is 3.15. The lowest BCUT2D eigenvalue weighted by Crippen LogP contribution is -2.54. The van der Waals surface area contributed by atoms with Crippen LogP contribution in [0.3, 0.4) is 0 Å². The highest BCUT2D eigenvalue weighted by atomic mass is 32.1. The molecular weight excluding hydrogens is 322 g/mol. The molecule has 0 aliphatic carbocycles. The van der Waals surface area contributed by atoms with Gasteiger partial charge in [0, 0.05) is 19.5 Å². The average molecular weight is 345 g/mol. The van der Waals surface area contributed by atoms with Gasteiger partial charge in [0.15, 0.2) is 0 Å². The molecule has 128 valence electrons. The highest BCUT2D eigenvalue weighted by Gasteiger charge is 2.40. The van der Waals surface area contributed by atoms with E-state index in [1.54, 1.807) is 16.2 Å².